The van der Waals surface area contributed by atoms with E-state index in [0.29, 0.717) is 6.61 Å². The number of hydrogen-bond acceptors (Lipinski definition) is 4. The van der Waals surface area contributed by atoms with E-state index in [1.54, 1.807) is 0 Å². The predicted molar refractivity (Wildman–Crippen MR) is 83.9 cm³/mol. The summed E-state index contributed by atoms with van der Waals surface area (Å²) < 4.78 is 70.9. The Morgan fingerprint density at radius 3 is 2.62 bits per heavy atom. The van der Waals surface area contributed by atoms with E-state index in [-0.39, 0.29) is 12.1 Å². The van der Waals surface area contributed by atoms with Gasteiger partial charge in [-0.15, -0.1) is 0 Å². The maximum Gasteiger partial charge on any atom is 0.416 e. The molecule has 136 valence electrons. The van der Waals surface area contributed by atoms with Gasteiger partial charge in [0.25, 0.3) is 0 Å². The Hall–Kier alpha value is -1.16. The first kappa shape index (κ1) is 19.2. The fraction of sp³-hybridized carbons (Fsp3) is 0.600. The van der Waals surface area contributed by atoms with Gasteiger partial charge in [0.2, 0.25) is 10.0 Å². The molecular formula is C15H21F3N2O3S. The zero-order valence-corrected chi connectivity index (χ0v) is 14.1. The van der Waals surface area contributed by atoms with Crippen LogP contribution in [0.1, 0.15) is 24.0 Å². The number of rotatable bonds is 7. The lowest BCUT2D eigenvalue weighted by Gasteiger charge is -2.29. The van der Waals surface area contributed by atoms with E-state index >= 15 is 0 Å². The molecule has 9 heteroatoms. The zero-order chi connectivity index (χ0) is 17.8. The summed E-state index contributed by atoms with van der Waals surface area (Å²) in [5.74, 6) is -0.717. The van der Waals surface area contributed by atoms with Crippen molar-refractivity contribution in [2.24, 2.45) is 0 Å². The van der Waals surface area contributed by atoms with Crippen LogP contribution < -0.4 is 10.0 Å². The van der Waals surface area contributed by atoms with Crippen LogP contribution in [-0.2, 0) is 26.7 Å². The van der Waals surface area contributed by atoms with Crippen LogP contribution in [0, 0.1) is 0 Å². The summed E-state index contributed by atoms with van der Waals surface area (Å²) in [5.41, 5.74) is -1.70. The Morgan fingerprint density at radius 2 is 2.04 bits per heavy atom. The maximum absolute atomic E-state index is 13.0. The van der Waals surface area contributed by atoms with Crippen LogP contribution in [0.15, 0.2) is 24.3 Å². The number of halogens is 3. The summed E-state index contributed by atoms with van der Waals surface area (Å²) in [4.78, 5) is 0. The second kappa shape index (κ2) is 7.38. The van der Waals surface area contributed by atoms with Crippen molar-refractivity contribution in [3.8, 4) is 0 Å². The molecular weight excluding hydrogens is 345 g/mol. The van der Waals surface area contributed by atoms with Crippen LogP contribution in [0.4, 0.5) is 13.2 Å². The van der Waals surface area contributed by atoms with Crippen LogP contribution in [0.5, 0.6) is 0 Å². The molecule has 0 radical (unpaired) electrons. The average molecular weight is 366 g/mol. The van der Waals surface area contributed by atoms with Crippen molar-refractivity contribution in [2.75, 3.05) is 26.8 Å². The molecule has 1 heterocycles. The highest BCUT2D eigenvalue weighted by Crippen LogP contribution is 2.32. The van der Waals surface area contributed by atoms with Crippen molar-refractivity contribution in [1.82, 2.24) is 10.0 Å². The van der Waals surface area contributed by atoms with E-state index in [0.717, 1.165) is 25.5 Å². The molecule has 0 aliphatic carbocycles. The minimum Gasteiger partial charge on any atom is -0.383 e. The lowest BCUT2D eigenvalue weighted by atomic mass is 9.99. The van der Waals surface area contributed by atoms with Gasteiger partial charge in [0.15, 0.2) is 0 Å². The minimum atomic E-state index is -4.59. The molecule has 1 unspecified atom stereocenters. The van der Waals surface area contributed by atoms with Crippen molar-refractivity contribution in [3.05, 3.63) is 35.4 Å². The van der Waals surface area contributed by atoms with Gasteiger partial charge in [0, 0.05) is 13.7 Å². The SMILES string of the molecule is COCC1(CNS(=O)(=O)Cc2ccccc2C(F)(F)F)CCCN1. The molecule has 5 nitrogen and oxygen atoms in total. The van der Waals surface area contributed by atoms with Gasteiger partial charge in [-0.3, -0.25) is 0 Å². The number of hydrogen-bond donors (Lipinski definition) is 2. The van der Waals surface area contributed by atoms with Crippen LogP contribution in [0.25, 0.3) is 0 Å². The molecule has 1 aromatic carbocycles. The van der Waals surface area contributed by atoms with Crippen LogP contribution in [0.2, 0.25) is 0 Å². The lowest BCUT2D eigenvalue weighted by Crippen LogP contribution is -2.53. The van der Waals surface area contributed by atoms with Crippen molar-refractivity contribution < 1.29 is 26.3 Å². The van der Waals surface area contributed by atoms with Crippen molar-refractivity contribution >= 4 is 10.0 Å². The van der Waals surface area contributed by atoms with E-state index in [4.69, 9.17) is 4.74 Å². The fourth-order valence-electron chi connectivity index (χ4n) is 2.90. The third-order valence-corrected chi connectivity index (χ3v) is 5.33. The molecule has 1 aliphatic rings. The molecule has 0 bridgehead atoms. The van der Waals surface area contributed by atoms with Gasteiger partial charge in [-0.1, -0.05) is 18.2 Å². The number of sulfonamides is 1. The van der Waals surface area contributed by atoms with Gasteiger partial charge in [-0.25, -0.2) is 13.1 Å². The molecule has 1 atom stereocenters. The van der Waals surface area contributed by atoms with Crippen molar-refractivity contribution in [3.63, 3.8) is 0 Å². The van der Waals surface area contributed by atoms with E-state index < -0.39 is 33.1 Å². The first-order valence-electron chi connectivity index (χ1n) is 7.54. The maximum atomic E-state index is 13.0. The Labute approximate surface area is 139 Å². The van der Waals surface area contributed by atoms with Gasteiger partial charge in [-0.05, 0) is 31.0 Å². The minimum absolute atomic E-state index is 0.0807. The molecule has 0 amide bonds. The molecule has 0 spiro atoms. The van der Waals surface area contributed by atoms with Crippen LogP contribution >= 0.6 is 0 Å². The monoisotopic (exact) mass is 366 g/mol. The average Bonchev–Trinajstić information content (AvgIpc) is 2.94. The quantitative estimate of drug-likeness (QED) is 0.773. The topological polar surface area (TPSA) is 67.4 Å². The highest BCUT2D eigenvalue weighted by atomic mass is 32.2. The molecule has 1 aromatic rings. The van der Waals surface area contributed by atoms with Gasteiger partial charge < -0.3 is 10.1 Å². The molecule has 24 heavy (non-hydrogen) atoms. The largest absolute Gasteiger partial charge is 0.416 e. The number of ether oxygens (including phenoxy) is 1. The first-order chi connectivity index (χ1) is 11.2. The predicted octanol–water partition coefficient (Wildman–Crippen LogP) is 1.89. The smallest absolute Gasteiger partial charge is 0.383 e. The highest BCUT2D eigenvalue weighted by molar-refractivity contribution is 7.88. The summed E-state index contributed by atoms with van der Waals surface area (Å²) in [5, 5.41) is 3.21. The van der Waals surface area contributed by atoms with Crippen molar-refractivity contribution in [2.45, 2.75) is 30.3 Å². The highest BCUT2D eigenvalue weighted by Gasteiger charge is 2.36. The molecule has 2 N–H and O–H groups in total. The molecule has 0 aromatic heterocycles. The number of nitrogens with one attached hydrogen (secondary N) is 2. The third kappa shape index (κ3) is 4.92. The summed E-state index contributed by atoms with van der Waals surface area (Å²) in [6.45, 7) is 1.16. The summed E-state index contributed by atoms with van der Waals surface area (Å²) in [6.07, 6.45) is -2.96. The van der Waals surface area contributed by atoms with E-state index in [2.05, 4.69) is 10.0 Å². The standard InChI is InChI=1S/C15H21F3N2O3S/c1-23-11-14(7-4-8-19-14)10-20-24(21,22)9-12-5-2-3-6-13(12)15(16,17)18/h2-3,5-6,19-20H,4,7-11H2,1H3. The van der Waals surface area contributed by atoms with E-state index in [1.165, 1.54) is 25.3 Å². The number of methoxy groups -OCH3 is 1. The number of alkyl halides is 3. The van der Waals surface area contributed by atoms with Gasteiger partial charge in [0.1, 0.15) is 0 Å². The fourth-order valence-corrected chi connectivity index (χ4v) is 4.16. The summed E-state index contributed by atoms with van der Waals surface area (Å²) in [7, 11) is -2.38. The summed E-state index contributed by atoms with van der Waals surface area (Å²) >= 11 is 0. The molecule has 2 rings (SSSR count). The lowest BCUT2D eigenvalue weighted by molar-refractivity contribution is -0.138. The van der Waals surface area contributed by atoms with Gasteiger partial charge in [-0.2, -0.15) is 13.2 Å². The zero-order valence-electron chi connectivity index (χ0n) is 13.3. The molecule has 1 saturated heterocycles. The number of benzene rings is 1. The Kier molecular flexibility index (Phi) is 5.90. The van der Waals surface area contributed by atoms with Gasteiger partial charge >= 0.3 is 6.18 Å². The summed E-state index contributed by atoms with van der Waals surface area (Å²) in [6, 6.07) is 4.70. The second-order valence-corrected chi connectivity index (χ2v) is 7.79. The molecule has 1 fully saturated rings. The van der Waals surface area contributed by atoms with E-state index in [1.807, 2.05) is 0 Å². The second-order valence-electron chi connectivity index (χ2n) is 5.98. The van der Waals surface area contributed by atoms with Crippen molar-refractivity contribution in [1.29, 1.82) is 0 Å². The Balaban J connectivity index is 2.09. The van der Waals surface area contributed by atoms with Crippen LogP contribution in [0.3, 0.4) is 0 Å². The molecule has 1 aliphatic heterocycles. The normalized spacial score (nSPS) is 22.0. The first-order valence-corrected chi connectivity index (χ1v) is 9.19. The van der Waals surface area contributed by atoms with Crippen LogP contribution in [-0.4, -0.2) is 40.8 Å². The van der Waals surface area contributed by atoms with Gasteiger partial charge in [0.05, 0.1) is 23.5 Å². The molecule has 0 saturated carbocycles. The van der Waals surface area contributed by atoms with E-state index in [9.17, 15) is 21.6 Å². The Bertz CT molecular complexity index is 656. The third-order valence-electron chi connectivity index (χ3n) is 4.05. The Morgan fingerprint density at radius 1 is 1.33 bits per heavy atom.